The van der Waals surface area contributed by atoms with Gasteiger partial charge in [0.1, 0.15) is 21.4 Å². The van der Waals surface area contributed by atoms with Crippen molar-refractivity contribution < 1.29 is 9.47 Å². The number of hydrogen-bond donors (Lipinski definition) is 1. The van der Waals surface area contributed by atoms with Gasteiger partial charge in [-0.1, -0.05) is 30.9 Å². The van der Waals surface area contributed by atoms with Gasteiger partial charge in [-0.05, 0) is 34.1 Å². The monoisotopic (exact) mass is 453 g/mol. The van der Waals surface area contributed by atoms with Gasteiger partial charge in [0.05, 0.1) is 30.7 Å². The van der Waals surface area contributed by atoms with E-state index in [1.54, 1.807) is 17.0 Å². The molecule has 0 fully saturated rings. The minimum atomic E-state index is 0.500. The van der Waals surface area contributed by atoms with Crippen LogP contribution in [0, 0.1) is 0 Å². The molecule has 4 aromatic rings. The number of aromatic amines is 1. The van der Waals surface area contributed by atoms with Crippen molar-refractivity contribution in [3.05, 3.63) is 59.3 Å². The Labute approximate surface area is 176 Å². The lowest BCUT2D eigenvalue weighted by atomic mass is 10.2. The maximum atomic E-state index is 6.01. The van der Waals surface area contributed by atoms with Crippen molar-refractivity contribution in [2.24, 2.45) is 7.05 Å². The topological polar surface area (TPSA) is 77.8 Å². The molecular formula is C21H20BrN5O2. The SMILES string of the molecule is C=Cc1ccccc1OCCCOc1c(-c2ccc3n[nH]c(Br)c3n2)cnn1C. The van der Waals surface area contributed by atoms with Crippen LogP contribution in [0.4, 0.5) is 0 Å². The molecule has 8 heteroatoms. The zero-order chi connectivity index (χ0) is 20.2. The summed E-state index contributed by atoms with van der Waals surface area (Å²) in [7, 11) is 1.85. The van der Waals surface area contributed by atoms with E-state index in [0.29, 0.717) is 19.1 Å². The first kappa shape index (κ1) is 19.2. The number of hydrogen-bond acceptors (Lipinski definition) is 5. The number of H-pyrrole nitrogens is 1. The maximum Gasteiger partial charge on any atom is 0.221 e. The number of benzene rings is 1. The summed E-state index contributed by atoms with van der Waals surface area (Å²) in [5, 5.41) is 11.4. The summed E-state index contributed by atoms with van der Waals surface area (Å²) in [6, 6.07) is 11.7. The van der Waals surface area contributed by atoms with Gasteiger partial charge in [-0.3, -0.25) is 5.10 Å². The molecular weight excluding hydrogens is 434 g/mol. The third-order valence-corrected chi connectivity index (χ3v) is 4.99. The molecule has 0 bridgehead atoms. The first-order valence-electron chi connectivity index (χ1n) is 9.17. The predicted octanol–water partition coefficient (Wildman–Crippen LogP) is 4.61. The summed E-state index contributed by atoms with van der Waals surface area (Å²) in [5.41, 5.74) is 4.16. The predicted molar refractivity (Wildman–Crippen MR) is 116 cm³/mol. The van der Waals surface area contributed by atoms with E-state index in [0.717, 1.165) is 44.6 Å². The van der Waals surface area contributed by atoms with Gasteiger partial charge in [-0.2, -0.15) is 10.2 Å². The number of pyridine rings is 1. The second-order valence-corrected chi connectivity index (χ2v) is 7.17. The Hall–Kier alpha value is -3.13. The van der Waals surface area contributed by atoms with Crippen molar-refractivity contribution in [2.75, 3.05) is 13.2 Å². The Morgan fingerprint density at radius 2 is 2.00 bits per heavy atom. The molecule has 0 radical (unpaired) electrons. The van der Waals surface area contributed by atoms with E-state index in [1.165, 1.54) is 0 Å². The number of halogens is 1. The Morgan fingerprint density at radius 1 is 1.17 bits per heavy atom. The van der Waals surface area contributed by atoms with Crippen LogP contribution in [-0.2, 0) is 7.05 Å². The van der Waals surface area contributed by atoms with Crippen molar-refractivity contribution in [1.82, 2.24) is 25.0 Å². The molecule has 3 heterocycles. The highest BCUT2D eigenvalue weighted by atomic mass is 79.9. The Kier molecular flexibility index (Phi) is 5.62. The van der Waals surface area contributed by atoms with Gasteiger partial charge in [0.25, 0.3) is 0 Å². The normalized spacial score (nSPS) is 11.0. The van der Waals surface area contributed by atoms with Crippen molar-refractivity contribution in [3.8, 4) is 22.9 Å². The van der Waals surface area contributed by atoms with E-state index in [4.69, 9.17) is 9.47 Å². The molecule has 7 nitrogen and oxygen atoms in total. The molecule has 1 N–H and O–H groups in total. The van der Waals surface area contributed by atoms with E-state index >= 15 is 0 Å². The number of ether oxygens (including phenoxy) is 2. The van der Waals surface area contributed by atoms with E-state index < -0.39 is 0 Å². The lowest BCUT2D eigenvalue weighted by Gasteiger charge is -2.11. The fourth-order valence-electron chi connectivity index (χ4n) is 2.98. The first-order valence-corrected chi connectivity index (χ1v) is 9.96. The lowest BCUT2D eigenvalue weighted by molar-refractivity contribution is 0.236. The molecule has 0 amide bonds. The summed E-state index contributed by atoms with van der Waals surface area (Å²) in [6.07, 6.45) is 4.28. The molecule has 0 saturated heterocycles. The fourth-order valence-corrected chi connectivity index (χ4v) is 3.36. The average Bonchev–Trinajstić information content (AvgIpc) is 3.30. The van der Waals surface area contributed by atoms with Gasteiger partial charge in [0.2, 0.25) is 5.88 Å². The van der Waals surface area contributed by atoms with Crippen LogP contribution in [0.5, 0.6) is 11.6 Å². The van der Waals surface area contributed by atoms with Crippen LogP contribution in [0.2, 0.25) is 0 Å². The highest BCUT2D eigenvalue weighted by Crippen LogP contribution is 2.30. The summed E-state index contributed by atoms with van der Waals surface area (Å²) in [6.45, 7) is 4.86. The van der Waals surface area contributed by atoms with E-state index in [2.05, 4.69) is 42.8 Å². The van der Waals surface area contributed by atoms with E-state index in [9.17, 15) is 0 Å². The number of aromatic nitrogens is 5. The van der Waals surface area contributed by atoms with Crippen molar-refractivity contribution in [3.63, 3.8) is 0 Å². The number of nitrogens with one attached hydrogen (secondary N) is 1. The van der Waals surface area contributed by atoms with Crippen molar-refractivity contribution in [2.45, 2.75) is 6.42 Å². The van der Waals surface area contributed by atoms with Crippen LogP contribution in [-0.4, -0.2) is 38.2 Å². The van der Waals surface area contributed by atoms with Gasteiger partial charge in [-0.25, -0.2) is 9.67 Å². The van der Waals surface area contributed by atoms with Gasteiger partial charge in [0.15, 0.2) is 0 Å². The highest BCUT2D eigenvalue weighted by molar-refractivity contribution is 9.10. The molecule has 0 aliphatic heterocycles. The van der Waals surface area contributed by atoms with Crippen LogP contribution in [0.15, 0.2) is 53.8 Å². The summed E-state index contributed by atoms with van der Waals surface area (Å²) in [4.78, 5) is 4.67. The Morgan fingerprint density at radius 3 is 2.86 bits per heavy atom. The van der Waals surface area contributed by atoms with Crippen LogP contribution in [0.3, 0.4) is 0 Å². The maximum absolute atomic E-state index is 6.01. The van der Waals surface area contributed by atoms with Crippen molar-refractivity contribution in [1.29, 1.82) is 0 Å². The summed E-state index contributed by atoms with van der Waals surface area (Å²) < 4.78 is 14.3. The smallest absolute Gasteiger partial charge is 0.221 e. The largest absolute Gasteiger partial charge is 0.493 e. The van der Waals surface area contributed by atoms with Crippen molar-refractivity contribution >= 4 is 33.0 Å². The fraction of sp³-hybridized carbons (Fsp3) is 0.190. The molecule has 0 saturated carbocycles. The number of fused-ring (bicyclic) bond motifs is 1. The van der Waals surface area contributed by atoms with Crippen LogP contribution in [0.25, 0.3) is 28.4 Å². The molecule has 29 heavy (non-hydrogen) atoms. The van der Waals surface area contributed by atoms with Gasteiger partial charge < -0.3 is 9.47 Å². The number of rotatable bonds is 8. The molecule has 1 aromatic carbocycles. The number of nitrogens with zero attached hydrogens (tertiary/aromatic N) is 4. The lowest BCUT2D eigenvalue weighted by Crippen LogP contribution is -2.08. The zero-order valence-corrected chi connectivity index (χ0v) is 17.5. The highest BCUT2D eigenvalue weighted by Gasteiger charge is 2.15. The molecule has 148 valence electrons. The average molecular weight is 454 g/mol. The third-order valence-electron chi connectivity index (χ3n) is 4.44. The minimum Gasteiger partial charge on any atom is -0.493 e. The minimum absolute atomic E-state index is 0.500. The van der Waals surface area contributed by atoms with Gasteiger partial charge in [0, 0.05) is 19.0 Å². The third kappa shape index (κ3) is 4.02. The molecule has 3 aromatic heterocycles. The molecule has 0 atom stereocenters. The summed E-state index contributed by atoms with van der Waals surface area (Å²) >= 11 is 3.43. The molecule has 4 rings (SSSR count). The van der Waals surface area contributed by atoms with E-state index in [1.807, 2.05) is 43.4 Å². The van der Waals surface area contributed by atoms with Gasteiger partial charge in [-0.15, -0.1) is 0 Å². The summed E-state index contributed by atoms with van der Waals surface area (Å²) in [5.74, 6) is 1.50. The quantitative estimate of drug-likeness (QED) is 0.394. The van der Waals surface area contributed by atoms with Crippen LogP contribution in [0.1, 0.15) is 12.0 Å². The molecule has 0 aliphatic carbocycles. The molecule has 0 aliphatic rings. The first-order chi connectivity index (χ1) is 14.2. The molecule has 0 spiro atoms. The zero-order valence-electron chi connectivity index (χ0n) is 15.9. The molecule has 0 unspecified atom stereocenters. The standard InChI is InChI=1S/C21H20BrN5O2/c1-3-14-7-4-5-8-18(14)28-11-6-12-29-21-15(13-23-27(21)2)16-9-10-17-19(24-16)20(22)26-25-17/h3-5,7-10,13H,1,6,11-12H2,2H3,(H,25,26). The Balaban J connectivity index is 1.41. The Bertz CT molecular complexity index is 1150. The second kappa shape index (κ2) is 8.48. The second-order valence-electron chi connectivity index (χ2n) is 6.38. The van der Waals surface area contributed by atoms with Crippen LogP contribution >= 0.6 is 15.9 Å². The number of para-hydroxylation sites is 1. The van der Waals surface area contributed by atoms with Gasteiger partial charge >= 0.3 is 0 Å². The van der Waals surface area contributed by atoms with Crippen LogP contribution < -0.4 is 9.47 Å². The number of aryl methyl sites for hydroxylation is 1. The van der Waals surface area contributed by atoms with E-state index in [-0.39, 0.29) is 0 Å².